The number of nitrogens with two attached hydrogens (primary N) is 1. The molecule has 0 heterocycles. The van der Waals surface area contributed by atoms with Gasteiger partial charge in [-0.1, -0.05) is 19.3 Å². The molecule has 0 aromatic heterocycles. The summed E-state index contributed by atoms with van der Waals surface area (Å²) >= 11 is 0. The van der Waals surface area contributed by atoms with E-state index < -0.39 is 5.54 Å². The molecular formula is C14H20FNO2. The van der Waals surface area contributed by atoms with Gasteiger partial charge in [0, 0.05) is 5.54 Å². The van der Waals surface area contributed by atoms with Gasteiger partial charge in [0.05, 0.1) is 19.8 Å². The molecule has 0 unspecified atom stereocenters. The van der Waals surface area contributed by atoms with Gasteiger partial charge in [0.2, 0.25) is 0 Å². The van der Waals surface area contributed by atoms with Gasteiger partial charge in [-0.15, -0.1) is 0 Å². The lowest BCUT2D eigenvalue weighted by molar-refractivity contribution is 0.271. The zero-order valence-electron chi connectivity index (χ0n) is 11.0. The van der Waals surface area contributed by atoms with Gasteiger partial charge in [0.25, 0.3) is 0 Å². The average Bonchev–Trinajstić information content (AvgIpc) is 2.39. The van der Waals surface area contributed by atoms with Crippen molar-refractivity contribution in [1.82, 2.24) is 0 Å². The number of hydrogen-bond donors (Lipinski definition) is 1. The van der Waals surface area contributed by atoms with Gasteiger partial charge in [-0.05, 0) is 25.0 Å². The quantitative estimate of drug-likeness (QED) is 0.900. The number of ether oxygens (including phenoxy) is 2. The third kappa shape index (κ3) is 2.17. The van der Waals surface area contributed by atoms with E-state index in [0.717, 1.165) is 25.7 Å². The SMILES string of the molecule is COc1ccc(F)c(OC)c1C1(N)CCCCC1. The molecule has 0 radical (unpaired) electrons. The first-order chi connectivity index (χ1) is 8.62. The Morgan fingerprint density at radius 3 is 2.33 bits per heavy atom. The lowest BCUT2D eigenvalue weighted by Crippen LogP contribution is -2.39. The molecule has 100 valence electrons. The fraction of sp³-hybridized carbons (Fsp3) is 0.571. The topological polar surface area (TPSA) is 44.5 Å². The van der Waals surface area contributed by atoms with E-state index in [9.17, 15) is 4.39 Å². The Hall–Kier alpha value is -1.29. The standard InChI is InChI=1S/C14H20FNO2/c1-17-11-7-6-10(15)13(18-2)12(11)14(16)8-4-3-5-9-14/h6-7H,3-5,8-9,16H2,1-2H3. The zero-order valence-corrected chi connectivity index (χ0v) is 11.0. The Labute approximate surface area is 107 Å². The van der Waals surface area contributed by atoms with Crippen molar-refractivity contribution >= 4 is 0 Å². The van der Waals surface area contributed by atoms with Crippen molar-refractivity contribution < 1.29 is 13.9 Å². The van der Waals surface area contributed by atoms with E-state index in [0.29, 0.717) is 11.3 Å². The van der Waals surface area contributed by atoms with E-state index in [4.69, 9.17) is 15.2 Å². The van der Waals surface area contributed by atoms with Crippen LogP contribution in [-0.2, 0) is 5.54 Å². The highest BCUT2D eigenvalue weighted by Crippen LogP contribution is 2.44. The average molecular weight is 253 g/mol. The van der Waals surface area contributed by atoms with Gasteiger partial charge in [-0.2, -0.15) is 0 Å². The first kappa shape index (κ1) is 13.1. The Balaban J connectivity index is 2.55. The molecule has 4 heteroatoms. The van der Waals surface area contributed by atoms with Crippen LogP contribution in [0, 0.1) is 5.82 Å². The number of benzene rings is 1. The van der Waals surface area contributed by atoms with E-state index in [1.54, 1.807) is 13.2 Å². The first-order valence-electron chi connectivity index (χ1n) is 6.32. The highest BCUT2D eigenvalue weighted by Gasteiger charge is 2.36. The maximum absolute atomic E-state index is 13.9. The molecule has 2 N–H and O–H groups in total. The highest BCUT2D eigenvalue weighted by molar-refractivity contribution is 5.50. The third-order valence-corrected chi connectivity index (χ3v) is 3.74. The highest BCUT2D eigenvalue weighted by atomic mass is 19.1. The normalized spacial score (nSPS) is 18.4. The lowest BCUT2D eigenvalue weighted by Gasteiger charge is -2.35. The van der Waals surface area contributed by atoms with Crippen LogP contribution in [0.4, 0.5) is 4.39 Å². The number of methoxy groups -OCH3 is 2. The fourth-order valence-corrected chi connectivity index (χ4v) is 2.81. The predicted octanol–water partition coefficient (Wildman–Crippen LogP) is 2.96. The third-order valence-electron chi connectivity index (χ3n) is 3.74. The van der Waals surface area contributed by atoms with Crippen molar-refractivity contribution in [1.29, 1.82) is 0 Å². The number of rotatable bonds is 3. The van der Waals surface area contributed by atoms with Gasteiger partial charge in [-0.3, -0.25) is 0 Å². The summed E-state index contributed by atoms with van der Waals surface area (Å²) in [5, 5.41) is 0. The van der Waals surface area contributed by atoms with Crippen LogP contribution in [0.25, 0.3) is 0 Å². The second kappa shape index (κ2) is 5.14. The van der Waals surface area contributed by atoms with Crippen LogP contribution in [0.5, 0.6) is 11.5 Å². The largest absolute Gasteiger partial charge is 0.496 e. The molecule has 0 spiro atoms. The van der Waals surface area contributed by atoms with Gasteiger partial charge in [0.1, 0.15) is 5.75 Å². The van der Waals surface area contributed by atoms with Gasteiger partial charge in [0.15, 0.2) is 11.6 Å². The molecule has 0 atom stereocenters. The summed E-state index contributed by atoms with van der Waals surface area (Å²) in [6.45, 7) is 0. The van der Waals surface area contributed by atoms with Crippen LogP contribution in [0.2, 0.25) is 0 Å². The molecule has 0 saturated heterocycles. The number of halogens is 1. The Morgan fingerprint density at radius 2 is 1.78 bits per heavy atom. The van der Waals surface area contributed by atoms with Crippen molar-refractivity contribution in [3.05, 3.63) is 23.5 Å². The molecule has 1 fully saturated rings. The first-order valence-corrected chi connectivity index (χ1v) is 6.32. The van der Waals surface area contributed by atoms with Crippen molar-refractivity contribution in [3.63, 3.8) is 0 Å². The maximum atomic E-state index is 13.9. The molecule has 1 aromatic carbocycles. The van der Waals surface area contributed by atoms with Crippen molar-refractivity contribution in [2.45, 2.75) is 37.6 Å². The molecule has 3 nitrogen and oxygen atoms in total. The van der Waals surface area contributed by atoms with Crippen LogP contribution < -0.4 is 15.2 Å². The summed E-state index contributed by atoms with van der Waals surface area (Å²) in [6, 6.07) is 2.98. The monoisotopic (exact) mass is 253 g/mol. The summed E-state index contributed by atoms with van der Waals surface area (Å²) in [5.74, 6) is 0.445. The molecule has 0 amide bonds. The minimum absolute atomic E-state index is 0.221. The summed E-state index contributed by atoms with van der Waals surface area (Å²) in [7, 11) is 3.04. The van der Waals surface area contributed by atoms with E-state index in [-0.39, 0.29) is 11.6 Å². The molecule has 1 aliphatic carbocycles. The zero-order chi connectivity index (χ0) is 13.2. The predicted molar refractivity (Wildman–Crippen MR) is 68.5 cm³/mol. The van der Waals surface area contributed by atoms with E-state index in [2.05, 4.69) is 0 Å². The van der Waals surface area contributed by atoms with Gasteiger partial charge in [-0.25, -0.2) is 4.39 Å². The van der Waals surface area contributed by atoms with E-state index >= 15 is 0 Å². The Bertz CT molecular complexity index is 428. The smallest absolute Gasteiger partial charge is 0.165 e. The molecule has 18 heavy (non-hydrogen) atoms. The van der Waals surface area contributed by atoms with Crippen LogP contribution in [0.3, 0.4) is 0 Å². The Morgan fingerprint density at radius 1 is 1.11 bits per heavy atom. The van der Waals surface area contributed by atoms with Gasteiger partial charge >= 0.3 is 0 Å². The lowest BCUT2D eigenvalue weighted by atomic mass is 9.76. The number of hydrogen-bond acceptors (Lipinski definition) is 3. The second-order valence-electron chi connectivity index (χ2n) is 4.87. The molecule has 0 bridgehead atoms. The van der Waals surface area contributed by atoms with Crippen LogP contribution in [0.15, 0.2) is 12.1 Å². The van der Waals surface area contributed by atoms with Crippen LogP contribution in [-0.4, -0.2) is 14.2 Å². The van der Waals surface area contributed by atoms with E-state index in [1.807, 2.05) is 0 Å². The second-order valence-corrected chi connectivity index (χ2v) is 4.87. The minimum atomic E-state index is -0.545. The van der Waals surface area contributed by atoms with Crippen molar-refractivity contribution in [2.24, 2.45) is 5.73 Å². The Kier molecular flexibility index (Phi) is 3.76. The van der Waals surface area contributed by atoms with Crippen LogP contribution in [0.1, 0.15) is 37.7 Å². The summed E-state index contributed by atoms with van der Waals surface area (Å²) in [4.78, 5) is 0. The molecule has 0 aliphatic heterocycles. The molecular weight excluding hydrogens is 233 g/mol. The summed E-state index contributed by atoms with van der Waals surface area (Å²) in [5.41, 5.74) is 6.60. The van der Waals surface area contributed by atoms with Gasteiger partial charge < -0.3 is 15.2 Å². The molecule has 2 rings (SSSR count). The fourth-order valence-electron chi connectivity index (χ4n) is 2.81. The van der Waals surface area contributed by atoms with Crippen molar-refractivity contribution in [2.75, 3.05) is 14.2 Å². The van der Waals surface area contributed by atoms with E-state index in [1.165, 1.54) is 19.6 Å². The minimum Gasteiger partial charge on any atom is -0.496 e. The van der Waals surface area contributed by atoms with Crippen molar-refractivity contribution in [3.8, 4) is 11.5 Å². The molecule has 1 aliphatic rings. The maximum Gasteiger partial charge on any atom is 0.165 e. The molecule has 1 saturated carbocycles. The summed E-state index contributed by atoms with van der Waals surface area (Å²) in [6.07, 6.45) is 4.96. The summed E-state index contributed by atoms with van der Waals surface area (Å²) < 4.78 is 24.4. The molecule has 1 aromatic rings. The van der Waals surface area contributed by atoms with Crippen LogP contribution >= 0.6 is 0 Å².